The van der Waals surface area contributed by atoms with E-state index in [0.29, 0.717) is 28.6 Å². The number of halogens is 1. The number of pyridine rings is 2. The van der Waals surface area contributed by atoms with Gasteiger partial charge in [0.15, 0.2) is 17.2 Å². The molecule has 1 atom stereocenters. The van der Waals surface area contributed by atoms with Crippen LogP contribution >= 0.6 is 0 Å². The van der Waals surface area contributed by atoms with Crippen LogP contribution in [-0.2, 0) is 6.61 Å². The highest BCUT2D eigenvalue weighted by Crippen LogP contribution is 2.29. The van der Waals surface area contributed by atoms with Crippen LogP contribution in [0.4, 0.5) is 4.39 Å². The van der Waals surface area contributed by atoms with Gasteiger partial charge in [-0.3, -0.25) is 9.38 Å². The number of ether oxygens (including phenoxy) is 1. The van der Waals surface area contributed by atoms with Crippen LogP contribution in [0, 0.1) is 5.82 Å². The van der Waals surface area contributed by atoms with E-state index >= 15 is 0 Å². The van der Waals surface area contributed by atoms with Gasteiger partial charge in [0, 0.05) is 29.1 Å². The molecule has 4 aromatic heterocycles. The van der Waals surface area contributed by atoms with Gasteiger partial charge in [0.25, 0.3) is 0 Å². The Hall–Kier alpha value is -3.85. The van der Waals surface area contributed by atoms with Crippen molar-refractivity contribution in [2.75, 3.05) is 7.11 Å². The predicted molar refractivity (Wildman–Crippen MR) is 110 cm³/mol. The summed E-state index contributed by atoms with van der Waals surface area (Å²) in [4.78, 5) is 4.39. The topological polar surface area (TPSA) is 98.6 Å². The zero-order valence-electron chi connectivity index (χ0n) is 16.8. The normalized spacial score (nSPS) is 12.5. The minimum atomic E-state index is -0.530. The smallest absolute Gasteiger partial charge is 0.196 e. The molecule has 9 heteroatoms. The van der Waals surface area contributed by atoms with Crippen LogP contribution in [0.2, 0.25) is 0 Å². The van der Waals surface area contributed by atoms with Gasteiger partial charge in [-0.15, -0.1) is 10.2 Å². The number of rotatable bonds is 5. The summed E-state index contributed by atoms with van der Waals surface area (Å²) in [6.07, 6.45) is 3.38. The Morgan fingerprint density at radius 1 is 1.19 bits per heavy atom. The van der Waals surface area contributed by atoms with E-state index in [4.69, 9.17) is 9.26 Å². The van der Waals surface area contributed by atoms with E-state index in [0.717, 1.165) is 16.5 Å². The summed E-state index contributed by atoms with van der Waals surface area (Å²) in [5.41, 5.74) is 2.79. The molecule has 0 aliphatic rings. The lowest BCUT2D eigenvalue weighted by Crippen LogP contribution is -2.03. The molecule has 0 aliphatic carbocycles. The molecule has 31 heavy (non-hydrogen) atoms. The van der Waals surface area contributed by atoms with E-state index in [1.54, 1.807) is 30.0 Å². The second-order valence-electron chi connectivity index (χ2n) is 7.22. The molecule has 0 unspecified atom stereocenters. The lowest BCUT2D eigenvalue weighted by atomic mass is 9.98. The molecule has 0 fully saturated rings. The first-order valence-corrected chi connectivity index (χ1v) is 9.62. The highest BCUT2D eigenvalue weighted by Gasteiger charge is 2.20. The maximum atomic E-state index is 14.7. The van der Waals surface area contributed by atoms with E-state index in [1.807, 2.05) is 31.2 Å². The molecule has 1 N–H and O–H groups in total. The Labute approximate surface area is 175 Å². The predicted octanol–water partition coefficient (Wildman–Crippen LogP) is 3.72. The van der Waals surface area contributed by atoms with Crippen LogP contribution in [0.25, 0.3) is 27.9 Å². The van der Waals surface area contributed by atoms with Gasteiger partial charge in [-0.1, -0.05) is 18.1 Å². The number of aliphatic hydroxyl groups excluding tert-OH is 1. The second kappa shape index (κ2) is 7.44. The van der Waals surface area contributed by atoms with Crippen molar-refractivity contribution in [3.8, 4) is 17.1 Å². The second-order valence-corrected chi connectivity index (χ2v) is 7.22. The van der Waals surface area contributed by atoms with Gasteiger partial charge in [-0.05, 0) is 29.8 Å². The van der Waals surface area contributed by atoms with Crippen LogP contribution in [-0.4, -0.2) is 37.0 Å². The fraction of sp³-hybridized carbons (Fsp3) is 0.182. The molecule has 8 nitrogen and oxygen atoms in total. The van der Waals surface area contributed by atoms with E-state index in [1.165, 1.54) is 6.07 Å². The van der Waals surface area contributed by atoms with E-state index in [2.05, 4.69) is 20.3 Å². The first-order valence-electron chi connectivity index (χ1n) is 9.62. The molecule has 0 spiro atoms. The van der Waals surface area contributed by atoms with Gasteiger partial charge in [0.05, 0.1) is 25.4 Å². The maximum Gasteiger partial charge on any atom is 0.196 e. The van der Waals surface area contributed by atoms with E-state index < -0.39 is 5.82 Å². The van der Waals surface area contributed by atoms with Crippen molar-refractivity contribution in [2.45, 2.75) is 19.4 Å². The molecule has 156 valence electrons. The van der Waals surface area contributed by atoms with E-state index in [9.17, 15) is 9.50 Å². The number of nitrogens with zero attached hydrogens (tertiary/aromatic N) is 5. The molecule has 0 saturated heterocycles. The zero-order chi connectivity index (χ0) is 21.5. The molecular weight excluding hydrogens is 401 g/mol. The van der Waals surface area contributed by atoms with Gasteiger partial charge < -0.3 is 14.4 Å². The summed E-state index contributed by atoms with van der Waals surface area (Å²) < 4.78 is 26.8. The third-order valence-corrected chi connectivity index (χ3v) is 5.29. The first-order chi connectivity index (χ1) is 15.1. The largest absolute Gasteiger partial charge is 0.495 e. The number of fused-ring (bicyclic) bond motifs is 2. The molecule has 0 amide bonds. The van der Waals surface area contributed by atoms with Crippen molar-refractivity contribution in [3.05, 3.63) is 71.7 Å². The highest BCUT2D eigenvalue weighted by molar-refractivity contribution is 5.80. The average Bonchev–Trinajstić information content (AvgIpc) is 3.45. The number of hydrogen-bond acceptors (Lipinski definition) is 7. The van der Waals surface area contributed by atoms with Gasteiger partial charge in [0.1, 0.15) is 17.3 Å². The fourth-order valence-corrected chi connectivity index (χ4v) is 3.58. The van der Waals surface area contributed by atoms with Crippen molar-refractivity contribution < 1.29 is 18.8 Å². The summed E-state index contributed by atoms with van der Waals surface area (Å²) in [7, 11) is 1.60. The summed E-state index contributed by atoms with van der Waals surface area (Å²) in [5.74, 6) is 0.890. The Morgan fingerprint density at radius 3 is 2.84 bits per heavy atom. The van der Waals surface area contributed by atoms with Crippen LogP contribution in [0.3, 0.4) is 0 Å². The van der Waals surface area contributed by atoms with E-state index in [-0.39, 0.29) is 18.2 Å². The lowest BCUT2D eigenvalue weighted by Gasteiger charge is -2.12. The third kappa shape index (κ3) is 3.28. The Kier molecular flexibility index (Phi) is 4.59. The van der Waals surface area contributed by atoms with Crippen molar-refractivity contribution in [1.29, 1.82) is 0 Å². The molecule has 0 saturated carbocycles. The monoisotopic (exact) mass is 419 g/mol. The first kappa shape index (κ1) is 19.1. The molecule has 1 aromatic carbocycles. The number of hydrogen-bond donors (Lipinski definition) is 1. The number of benzene rings is 1. The van der Waals surface area contributed by atoms with Crippen LogP contribution in [0.5, 0.6) is 5.75 Å². The van der Waals surface area contributed by atoms with Crippen LogP contribution in [0.1, 0.15) is 29.9 Å². The lowest BCUT2D eigenvalue weighted by molar-refractivity contribution is 0.267. The number of methoxy groups -OCH3 is 1. The molecular formula is C22H18FN5O3. The maximum absolute atomic E-state index is 14.7. The molecule has 0 radical (unpaired) electrons. The van der Waals surface area contributed by atoms with Gasteiger partial charge in [-0.25, -0.2) is 4.39 Å². The number of aliphatic hydroxyl groups is 1. The minimum absolute atomic E-state index is 0.122. The Morgan fingerprint density at radius 2 is 2.06 bits per heavy atom. The summed E-state index contributed by atoms with van der Waals surface area (Å²) in [6.45, 7) is 1.72. The Bertz CT molecular complexity index is 1410. The standard InChI is InChI=1S/C22H18FN5O3/c1-12(13-3-4-19-14(5-13)6-17(30-2)9-24-19)21-25-26-22-18(23)7-15(10-28(21)22)20-8-16(11-29)27-31-20/h3-10,12,29H,11H2,1-2H3/t12-/m0/s1. The molecule has 5 rings (SSSR count). The SMILES string of the molecule is COc1cnc2ccc([C@H](C)c3nnc4c(F)cc(-c5cc(CO)no5)cn34)cc2c1. The average molecular weight is 419 g/mol. The van der Waals surface area contributed by atoms with Gasteiger partial charge >= 0.3 is 0 Å². The quantitative estimate of drug-likeness (QED) is 0.463. The molecule has 4 heterocycles. The summed E-state index contributed by atoms with van der Waals surface area (Å²) >= 11 is 0. The molecule has 0 bridgehead atoms. The third-order valence-electron chi connectivity index (χ3n) is 5.29. The summed E-state index contributed by atoms with van der Waals surface area (Å²) in [6, 6.07) is 10.7. The van der Waals surface area contributed by atoms with Crippen molar-refractivity contribution in [2.24, 2.45) is 0 Å². The summed E-state index contributed by atoms with van der Waals surface area (Å²) in [5, 5.41) is 22.2. The van der Waals surface area contributed by atoms with Crippen molar-refractivity contribution in [3.63, 3.8) is 0 Å². The fourth-order valence-electron chi connectivity index (χ4n) is 3.58. The van der Waals surface area contributed by atoms with Crippen molar-refractivity contribution in [1.82, 2.24) is 24.7 Å². The molecule has 0 aliphatic heterocycles. The van der Waals surface area contributed by atoms with Crippen LogP contribution < -0.4 is 4.74 Å². The van der Waals surface area contributed by atoms with Crippen LogP contribution in [0.15, 0.2) is 53.3 Å². The number of aromatic nitrogens is 5. The van der Waals surface area contributed by atoms with Gasteiger partial charge in [0.2, 0.25) is 0 Å². The minimum Gasteiger partial charge on any atom is -0.495 e. The molecule has 5 aromatic rings. The zero-order valence-corrected chi connectivity index (χ0v) is 16.8. The van der Waals surface area contributed by atoms with Crippen molar-refractivity contribution >= 4 is 16.6 Å². The van der Waals surface area contributed by atoms with Gasteiger partial charge in [-0.2, -0.15) is 0 Å². The Balaban J connectivity index is 1.60. The highest BCUT2D eigenvalue weighted by atomic mass is 19.1.